The molecule has 0 bridgehead atoms. The van der Waals surface area contributed by atoms with Crippen LogP contribution in [0.25, 0.3) is 0 Å². The van der Waals surface area contributed by atoms with Crippen molar-refractivity contribution in [3.8, 4) is 0 Å². The number of amides is 2. The largest absolute Gasteiger partial charge is 0.368 e. The number of rotatable bonds is 8. The van der Waals surface area contributed by atoms with Crippen LogP contribution in [0.2, 0.25) is 0 Å². The lowest BCUT2D eigenvalue weighted by atomic mass is 9.99. The highest BCUT2D eigenvalue weighted by Crippen LogP contribution is 2.15. The van der Waals surface area contributed by atoms with Gasteiger partial charge in [-0.3, -0.25) is 14.6 Å². The molecule has 2 aromatic carbocycles. The van der Waals surface area contributed by atoms with Gasteiger partial charge in [-0.2, -0.15) is 0 Å². The van der Waals surface area contributed by atoms with Crippen LogP contribution in [0.3, 0.4) is 0 Å². The molecule has 0 heterocycles. The van der Waals surface area contributed by atoms with E-state index in [1.807, 2.05) is 12.1 Å². The van der Waals surface area contributed by atoms with E-state index in [2.05, 4.69) is 59.1 Å². The van der Waals surface area contributed by atoms with Gasteiger partial charge in [-0.15, -0.1) is 0 Å². The Morgan fingerprint density at radius 1 is 1.07 bits per heavy atom. The molecule has 1 unspecified atom stereocenters. The van der Waals surface area contributed by atoms with Gasteiger partial charge < -0.3 is 21.7 Å². The summed E-state index contributed by atoms with van der Waals surface area (Å²) < 4.78 is 0. The molecule has 29 heavy (non-hydrogen) atoms. The Morgan fingerprint density at radius 2 is 1.79 bits per heavy atom. The maximum absolute atomic E-state index is 11.9. The quantitative estimate of drug-likeness (QED) is 0.403. The molecule has 2 amide bonds. The topological polar surface area (TPSA) is 109 Å². The molecule has 5 N–H and O–H groups in total. The van der Waals surface area contributed by atoms with Gasteiger partial charge in [0.15, 0.2) is 5.96 Å². The van der Waals surface area contributed by atoms with Crippen molar-refractivity contribution in [1.82, 2.24) is 16.0 Å². The van der Waals surface area contributed by atoms with Crippen LogP contribution in [-0.4, -0.2) is 37.9 Å². The van der Waals surface area contributed by atoms with E-state index in [1.165, 1.54) is 11.1 Å². The summed E-state index contributed by atoms with van der Waals surface area (Å²) >= 11 is 0. The molecule has 0 aliphatic heterocycles. The van der Waals surface area contributed by atoms with Crippen molar-refractivity contribution < 1.29 is 9.59 Å². The molecule has 0 saturated carbocycles. The Labute approximate surface area is 171 Å². The molecule has 0 aliphatic carbocycles. The van der Waals surface area contributed by atoms with E-state index >= 15 is 0 Å². The zero-order valence-electron chi connectivity index (χ0n) is 17.2. The van der Waals surface area contributed by atoms with Crippen LogP contribution in [0.4, 0.5) is 0 Å². The molecular formula is C22H29N5O2. The molecule has 2 aromatic rings. The predicted octanol–water partition coefficient (Wildman–Crippen LogP) is 1.68. The minimum Gasteiger partial charge on any atom is -0.368 e. The van der Waals surface area contributed by atoms with E-state index in [9.17, 15) is 9.59 Å². The number of hydrogen-bond donors (Lipinski definition) is 4. The first-order valence-corrected chi connectivity index (χ1v) is 9.55. The van der Waals surface area contributed by atoms with Crippen LogP contribution in [0.15, 0.2) is 53.5 Å². The first kappa shape index (κ1) is 21.9. The highest BCUT2D eigenvalue weighted by atomic mass is 16.2. The molecule has 0 aliphatic rings. The van der Waals surface area contributed by atoms with E-state index in [0.717, 1.165) is 12.1 Å². The Balaban J connectivity index is 1.82. The maximum Gasteiger partial charge on any atom is 0.251 e. The second-order valence-electron chi connectivity index (χ2n) is 6.97. The van der Waals surface area contributed by atoms with Crippen LogP contribution >= 0.6 is 0 Å². The lowest BCUT2D eigenvalue weighted by Crippen LogP contribution is -2.38. The summed E-state index contributed by atoms with van der Waals surface area (Å²) in [4.78, 5) is 26.9. The second kappa shape index (κ2) is 10.8. The van der Waals surface area contributed by atoms with Crippen molar-refractivity contribution in [2.45, 2.75) is 26.3 Å². The molecule has 7 heteroatoms. The highest BCUT2D eigenvalue weighted by molar-refractivity contribution is 5.96. The third-order valence-electron chi connectivity index (χ3n) is 4.51. The molecule has 154 valence electrons. The molecule has 7 nitrogen and oxygen atoms in total. The molecule has 0 saturated heterocycles. The molecule has 0 spiro atoms. The number of aryl methyl sites for hydroxylation is 1. The normalized spacial score (nSPS) is 12.2. The third-order valence-corrected chi connectivity index (χ3v) is 4.51. The fourth-order valence-corrected chi connectivity index (χ4v) is 2.79. The molecule has 0 aromatic heterocycles. The number of benzene rings is 2. The number of nitrogens with one attached hydrogen (secondary N) is 3. The zero-order valence-corrected chi connectivity index (χ0v) is 17.2. The Hall–Kier alpha value is -3.35. The monoisotopic (exact) mass is 395 g/mol. The Morgan fingerprint density at radius 3 is 2.41 bits per heavy atom. The van der Waals surface area contributed by atoms with Crippen LogP contribution in [0.5, 0.6) is 0 Å². The fraction of sp³-hybridized carbons (Fsp3) is 0.318. The van der Waals surface area contributed by atoms with Gasteiger partial charge in [0, 0.05) is 25.7 Å². The van der Waals surface area contributed by atoms with Gasteiger partial charge in [0.25, 0.3) is 5.91 Å². The average Bonchev–Trinajstić information content (AvgIpc) is 2.72. The summed E-state index contributed by atoms with van der Waals surface area (Å²) in [6.45, 7) is 5.43. The minimum absolute atomic E-state index is 0.175. The van der Waals surface area contributed by atoms with Gasteiger partial charge in [0.2, 0.25) is 5.91 Å². The van der Waals surface area contributed by atoms with Crippen LogP contribution in [0, 0.1) is 6.92 Å². The van der Waals surface area contributed by atoms with Gasteiger partial charge in [-0.1, -0.05) is 48.9 Å². The zero-order chi connectivity index (χ0) is 21.2. The molecule has 0 fully saturated rings. The molecular weight excluding hydrogens is 366 g/mol. The van der Waals surface area contributed by atoms with Crippen molar-refractivity contribution in [1.29, 1.82) is 0 Å². The highest BCUT2D eigenvalue weighted by Gasteiger charge is 2.08. The first-order chi connectivity index (χ1) is 13.9. The van der Waals surface area contributed by atoms with Gasteiger partial charge in [-0.05, 0) is 36.1 Å². The van der Waals surface area contributed by atoms with E-state index in [-0.39, 0.29) is 12.5 Å². The van der Waals surface area contributed by atoms with Crippen molar-refractivity contribution in [2.75, 3.05) is 20.1 Å². The predicted molar refractivity (Wildman–Crippen MR) is 116 cm³/mol. The Bertz CT molecular complexity index is 862. The number of carbonyl (C=O) groups is 2. The number of nitrogens with zero attached hydrogens (tertiary/aromatic N) is 1. The number of primary amides is 1. The van der Waals surface area contributed by atoms with E-state index < -0.39 is 5.91 Å². The number of guanidine groups is 1. The van der Waals surface area contributed by atoms with Crippen LogP contribution in [-0.2, 0) is 11.3 Å². The summed E-state index contributed by atoms with van der Waals surface area (Å²) in [5.41, 5.74) is 9.05. The number of carbonyl (C=O) groups excluding carboxylic acids is 2. The van der Waals surface area contributed by atoms with Gasteiger partial charge in [0.1, 0.15) is 0 Å². The number of nitrogens with two attached hydrogens (primary N) is 1. The molecule has 1 atom stereocenters. The van der Waals surface area contributed by atoms with Crippen molar-refractivity contribution >= 4 is 17.8 Å². The second-order valence-corrected chi connectivity index (χ2v) is 6.97. The summed E-state index contributed by atoms with van der Waals surface area (Å²) in [6.07, 6.45) is 0. The lowest BCUT2D eigenvalue weighted by Gasteiger charge is -2.17. The molecule has 0 radical (unpaired) electrons. The third kappa shape index (κ3) is 7.29. The van der Waals surface area contributed by atoms with Crippen molar-refractivity contribution in [2.24, 2.45) is 10.7 Å². The minimum atomic E-state index is -0.574. The standard InChI is InChI=1S/C22H29N5O2/c1-15-5-4-6-19(11-15)16(2)12-26-22(24-3)27-13-17-7-9-18(10-8-17)21(29)25-14-20(23)28/h4-11,16H,12-14H2,1-3H3,(H2,23,28)(H,25,29)(H2,24,26,27). The number of hydrogen-bond acceptors (Lipinski definition) is 3. The van der Waals surface area contributed by atoms with E-state index in [4.69, 9.17) is 5.73 Å². The summed E-state index contributed by atoms with van der Waals surface area (Å²) in [6, 6.07) is 15.6. The average molecular weight is 396 g/mol. The Kier molecular flexibility index (Phi) is 8.21. The summed E-state index contributed by atoms with van der Waals surface area (Å²) in [5, 5.41) is 9.08. The molecule has 2 rings (SSSR count). The SMILES string of the molecule is CN=C(NCc1ccc(C(=O)NCC(N)=O)cc1)NCC(C)c1cccc(C)c1. The van der Waals surface area contributed by atoms with Crippen molar-refractivity contribution in [3.05, 3.63) is 70.8 Å². The fourth-order valence-electron chi connectivity index (χ4n) is 2.79. The smallest absolute Gasteiger partial charge is 0.251 e. The lowest BCUT2D eigenvalue weighted by molar-refractivity contribution is -0.117. The van der Waals surface area contributed by atoms with Gasteiger partial charge in [0.05, 0.1) is 6.54 Å². The van der Waals surface area contributed by atoms with Crippen LogP contribution in [0.1, 0.15) is 39.9 Å². The first-order valence-electron chi connectivity index (χ1n) is 9.55. The number of aliphatic imine (C=N–C) groups is 1. The van der Waals surface area contributed by atoms with Gasteiger partial charge >= 0.3 is 0 Å². The van der Waals surface area contributed by atoms with Crippen molar-refractivity contribution in [3.63, 3.8) is 0 Å². The van der Waals surface area contributed by atoms with Crippen LogP contribution < -0.4 is 21.7 Å². The summed E-state index contributed by atoms with van der Waals surface area (Å²) in [5.74, 6) is 0.167. The van der Waals surface area contributed by atoms with E-state index in [1.54, 1.807) is 19.2 Å². The maximum atomic E-state index is 11.9. The van der Waals surface area contributed by atoms with E-state index in [0.29, 0.717) is 24.0 Å². The summed E-state index contributed by atoms with van der Waals surface area (Å²) in [7, 11) is 1.73. The van der Waals surface area contributed by atoms with Gasteiger partial charge in [-0.25, -0.2) is 0 Å².